The van der Waals surface area contributed by atoms with Crippen LogP contribution in [0, 0.1) is 11.3 Å². The maximum atomic E-state index is 10.0. The minimum atomic E-state index is 0.391. The third-order valence-corrected chi connectivity index (χ3v) is 7.16. The number of nitrogens with zero attached hydrogens (tertiary/aromatic N) is 2. The molecule has 204 valence electrons. The van der Waals surface area contributed by atoms with E-state index < -0.39 is 0 Å². The Hall–Kier alpha value is -5.06. The van der Waals surface area contributed by atoms with Gasteiger partial charge in [0.2, 0.25) is 0 Å². The van der Waals surface area contributed by atoms with Crippen LogP contribution in [0.5, 0.6) is 23.0 Å². The SMILES string of the molecule is COc1ccc(-c2csc(/C(C#N)=C/c3ccc(OCc4ccccc4)c(OCc4ccccc4)c3)n2)cc1OC. The molecule has 0 N–H and O–H groups in total. The van der Waals surface area contributed by atoms with E-state index in [0.717, 1.165) is 27.9 Å². The van der Waals surface area contributed by atoms with Crippen molar-refractivity contribution in [2.24, 2.45) is 0 Å². The number of hydrogen-bond donors (Lipinski definition) is 0. The average Bonchev–Trinajstić information content (AvgIpc) is 3.53. The molecule has 0 radical (unpaired) electrons. The zero-order chi connectivity index (χ0) is 28.4. The van der Waals surface area contributed by atoms with E-state index in [1.165, 1.54) is 11.3 Å². The quantitative estimate of drug-likeness (QED) is 0.152. The largest absolute Gasteiger partial charge is 0.493 e. The van der Waals surface area contributed by atoms with Gasteiger partial charge in [-0.05, 0) is 53.1 Å². The fourth-order valence-corrected chi connectivity index (χ4v) is 4.95. The number of benzene rings is 4. The highest BCUT2D eigenvalue weighted by atomic mass is 32.1. The van der Waals surface area contributed by atoms with Crippen molar-refractivity contribution in [1.82, 2.24) is 4.98 Å². The lowest BCUT2D eigenvalue weighted by atomic mass is 10.1. The van der Waals surface area contributed by atoms with Crippen molar-refractivity contribution in [1.29, 1.82) is 5.26 Å². The Morgan fingerprint density at radius 2 is 1.39 bits per heavy atom. The number of nitriles is 1. The van der Waals surface area contributed by atoms with E-state index in [1.54, 1.807) is 14.2 Å². The van der Waals surface area contributed by atoms with Crippen LogP contribution in [0.4, 0.5) is 0 Å². The summed E-state index contributed by atoms with van der Waals surface area (Å²) in [5.74, 6) is 2.49. The highest BCUT2D eigenvalue weighted by molar-refractivity contribution is 7.11. The molecule has 0 aliphatic heterocycles. The first kappa shape index (κ1) is 27.5. The molecule has 0 saturated carbocycles. The Kier molecular flexibility index (Phi) is 8.95. The highest BCUT2D eigenvalue weighted by Crippen LogP contribution is 2.35. The van der Waals surface area contributed by atoms with Crippen LogP contribution in [0.1, 0.15) is 21.7 Å². The Morgan fingerprint density at radius 1 is 0.756 bits per heavy atom. The number of ether oxygens (including phenoxy) is 4. The minimum Gasteiger partial charge on any atom is -0.493 e. The first-order chi connectivity index (χ1) is 20.2. The van der Waals surface area contributed by atoms with Gasteiger partial charge in [0.15, 0.2) is 23.0 Å². The lowest BCUT2D eigenvalue weighted by molar-refractivity contribution is 0.256. The second-order valence-corrected chi connectivity index (χ2v) is 9.89. The summed E-state index contributed by atoms with van der Waals surface area (Å²) < 4.78 is 23.1. The van der Waals surface area contributed by atoms with Gasteiger partial charge in [0.1, 0.15) is 24.3 Å². The minimum absolute atomic E-state index is 0.391. The van der Waals surface area contributed by atoms with Crippen LogP contribution in [-0.4, -0.2) is 19.2 Å². The first-order valence-corrected chi connectivity index (χ1v) is 13.8. The van der Waals surface area contributed by atoms with E-state index in [2.05, 4.69) is 6.07 Å². The molecule has 4 aromatic carbocycles. The van der Waals surface area contributed by atoms with E-state index in [9.17, 15) is 5.26 Å². The number of rotatable bonds is 11. The van der Waals surface area contributed by atoms with E-state index in [4.69, 9.17) is 23.9 Å². The molecule has 0 aliphatic carbocycles. The van der Waals surface area contributed by atoms with Gasteiger partial charge in [-0.1, -0.05) is 66.7 Å². The van der Waals surface area contributed by atoms with Crippen LogP contribution in [0.3, 0.4) is 0 Å². The molecule has 5 rings (SSSR count). The molecule has 0 atom stereocenters. The summed E-state index contributed by atoms with van der Waals surface area (Å²) in [4.78, 5) is 4.73. The Labute approximate surface area is 243 Å². The topological polar surface area (TPSA) is 73.6 Å². The molecule has 0 aliphatic rings. The molecule has 1 heterocycles. The first-order valence-electron chi connectivity index (χ1n) is 12.9. The lowest BCUT2D eigenvalue weighted by Crippen LogP contribution is -2.01. The normalized spacial score (nSPS) is 11.0. The third-order valence-electron chi connectivity index (χ3n) is 6.29. The lowest BCUT2D eigenvalue weighted by Gasteiger charge is -2.14. The smallest absolute Gasteiger partial charge is 0.162 e. The summed E-state index contributed by atoms with van der Waals surface area (Å²) in [5.41, 5.74) is 4.99. The maximum Gasteiger partial charge on any atom is 0.162 e. The van der Waals surface area contributed by atoms with Gasteiger partial charge >= 0.3 is 0 Å². The van der Waals surface area contributed by atoms with Crippen molar-refractivity contribution >= 4 is 23.0 Å². The van der Waals surface area contributed by atoms with E-state index in [1.807, 2.05) is 109 Å². The standard InChI is InChI=1S/C34H28N2O4S/c1-37-30-16-14-27(19-32(30)38-2)29-23-41-34(36-29)28(20-35)17-26-13-15-31(39-21-24-9-5-3-6-10-24)33(18-26)40-22-25-11-7-4-8-12-25/h3-19,23H,21-22H2,1-2H3/b28-17+. The van der Waals surface area contributed by atoms with Crippen molar-refractivity contribution in [2.45, 2.75) is 13.2 Å². The molecule has 0 spiro atoms. The summed E-state index contributed by atoms with van der Waals surface area (Å²) in [7, 11) is 3.20. The van der Waals surface area contributed by atoms with Crippen LogP contribution in [-0.2, 0) is 13.2 Å². The fourth-order valence-electron chi connectivity index (χ4n) is 4.15. The molecule has 0 bridgehead atoms. The van der Waals surface area contributed by atoms with Crippen molar-refractivity contribution in [3.05, 3.63) is 124 Å². The Balaban J connectivity index is 1.41. The Morgan fingerprint density at radius 3 is 2.02 bits per heavy atom. The number of thiazole rings is 1. The van der Waals surface area contributed by atoms with Gasteiger partial charge < -0.3 is 18.9 Å². The van der Waals surface area contributed by atoms with Crippen molar-refractivity contribution in [3.8, 4) is 40.3 Å². The molecule has 0 unspecified atom stereocenters. The van der Waals surface area contributed by atoms with Gasteiger partial charge in [-0.3, -0.25) is 0 Å². The van der Waals surface area contributed by atoms with E-state index in [-0.39, 0.29) is 0 Å². The second-order valence-electron chi connectivity index (χ2n) is 9.03. The van der Waals surface area contributed by atoms with Crippen LogP contribution in [0.15, 0.2) is 102 Å². The predicted octanol–water partition coefficient (Wildman–Crippen LogP) is 8.05. The number of hydrogen-bond acceptors (Lipinski definition) is 7. The zero-order valence-corrected chi connectivity index (χ0v) is 23.6. The van der Waals surface area contributed by atoms with Crippen LogP contribution in [0.2, 0.25) is 0 Å². The number of methoxy groups -OCH3 is 2. The van der Waals surface area contributed by atoms with Crippen molar-refractivity contribution < 1.29 is 18.9 Å². The summed E-state index contributed by atoms with van der Waals surface area (Å²) in [6, 6.07) is 33.6. The van der Waals surface area contributed by atoms with Crippen molar-refractivity contribution in [2.75, 3.05) is 14.2 Å². The van der Waals surface area contributed by atoms with Gasteiger partial charge in [-0.15, -0.1) is 11.3 Å². The number of allylic oxidation sites excluding steroid dienone is 1. The molecular formula is C34H28N2O4S. The molecule has 0 saturated heterocycles. The summed E-state index contributed by atoms with van der Waals surface area (Å²) in [6.45, 7) is 0.807. The van der Waals surface area contributed by atoms with Gasteiger partial charge in [0, 0.05) is 10.9 Å². The zero-order valence-electron chi connectivity index (χ0n) is 22.7. The van der Waals surface area contributed by atoms with Crippen LogP contribution >= 0.6 is 11.3 Å². The molecule has 0 amide bonds. The van der Waals surface area contributed by atoms with Gasteiger partial charge in [0.25, 0.3) is 0 Å². The van der Waals surface area contributed by atoms with Gasteiger partial charge in [-0.2, -0.15) is 5.26 Å². The summed E-state index contributed by atoms with van der Waals surface area (Å²) >= 11 is 1.41. The Bertz CT molecular complexity index is 1670. The predicted molar refractivity (Wildman–Crippen MR) is 162 cm³/mol. The van der Waals surface area contributed by atoms with E-state index >= 15 is 0 Å². The van der Waals surface area contributed by atoms with Crippen LogP contribution in [0.25, 0.3) is 22.9 Å². The van der Waals surface area contributed by atoms with Crippen molar-refractivity contribution in [3.63, 3.8) is 0 Å². The third kappa shape index (κ3) is 6.93. The molecule has 1 aromatic heterocycles. The highest BCUT2D eigenvalue weighted by Gasteiger charge is 2.13. The van der Waals surface area contributed by atoms with Gasteiger partial charge in [0.05, 0.1) is 25.5 Å². The molecule has 41 heavy (non-hydrogen) atoms. The summed E-state index contributed by atoms with van der Waals surface area (Å²) in [6.07, 6.45) is 1.81. The molecule has 5 aromatic rings. The molecular weight excluding hydrogens is 532 g/mol. The average molecular weight is 561 g/mol. The summed E-state index contributed by atoms with van der Waals surface area (Å²) in [5, 5.41) is 12.6. The maximum absolute atomic E-state index is 10.0. The molecule has 7 heteroatoms. The fraction of sp³-hybridized carbons (Fsp3) is 0.118. The van der Waals surface area contributed by atoms with Crippen LogP contribution < -0.4 is 18.9 Å². The monoisotopic (exact) mass is 560 g/mol. The molecule has 0 fully saturated rings. The molecule has 6 nitrogen and oxygen atoms in total. The van der Waals surface area contributed by atoms with Gasteiger partial charge in [-0.25, -0.2) is 4.98 Å². The second kappa shape index (κ2) is 13.3. The van der Waals surface area contributed by atoms with E-state index in [0.29, 0.717) is 46.8 Å². The number of aromatic nitrogens is 1.